The highest BCUT2D eigenvalue weighted by Gasteiger charge is 2.23. The van der Waals surface area contributed by atoms with Crippen LogP contribution in [-0.4, -0.2) is 54.2 Å². The lowest BCUT2D eigenvalue weighted by atomic mass is 10.1. The first kappa shape index (κ1) is 16.3. The van der Waals surface area contributed by atoms with Crippen LogP contribution in [0.25, 0.3) is 0 Å². The van der Waals surface area contributed by atoms with Gasteiger partial charge in [-0.25, -0.2) is 8.78 Å². The second-order valence-corrected chi connectivity index (χ2v) is 5.65. The maximum absolute atomic E-state index is 13.8. The van der Waals surface area contributed by atoms with E-state index in [9.17, 15) is 8.78 Å². The molecule has 0 aliphatic carbocycles. The molecular formula is C16H24F2N2O. The van der Waals surface area contributed by atoms with Crippen molar-refractivity contribution in [1.82, 2.24) is 9.80 Å². The van der Waals surface area contributed by atoms with Crippen LogP contribution in [0.2, 0.25) is 0 Å². The lowest BCUT2D eigenvalue weighted by molar-refractivity contribution is 0.0985. The molecular weight excluding hydrogens is 274 g/mol. The summed E-state index contributed by atoms with van der Waals surface area (Å²) in [5.74, 6) is -0.995. The topological polar surface area (TPSA) is 26.7 Å². The molecule has 118 valence electrons. The van der Waals surface area contributed by atoms with E-state index in [-0.39, 0.29) is 12.6 Å². The number of nitrogens with zero attached hydrogens (tertiary/aromatic N) is 2. The normalized spacial score (nSPS) is 18.9. The van der Waals surface area contributed by atoms with Gasteiger partial charge in [0, 0.05) is 50.5 Å². The van der Waals surface area contributed by atoms with Gasteiger partial charge < -0.3 is 10.0 Å². The molecule has 3 nitrogen and oxygen atoms in total. The van der Waals surface area contributed by atoms with Crippen LogP contribution in [0.5, 0.6) is 0 Å². The van der Waals surface area contributed by atoms with Crippen LogP contribution >= 0.6 is 0 Å². The maximum Gasteiger partial charge on any atom is 0.130 e. The summed E-state index contributed by atoms with van der Waals surface area (Å²) in [6.07, 6.45) is 1.86. The average molecular weight is 298 g/mol. The van der Waals surface area contributed by atoms with Crippen LogP contribution in [-0.2, 0) is 0 Å². The predicted octanol–water partition coefficient (Wildman–Crippen LogP) is 2.42. The highest BCUT2D eigenvalue weighted by atomic mass is 19.1. The Morgan fingerprint density at radius 1 is 1.14 bits per heavy atom. The molecule has 0 aromatic heterocycles. The molecule has 1 heterocycles. The van der Waals surface area contributed by atoms with Gasteiger partial charge in [0.2, 0.25) is 0 Å². The summed E-state index contributed by atoms with van der Waals surface area (Å²) in [5.41, 5.74) is 0.560. The minimum atomic E-state index is -0.530. The van der Waals surface area contributed by atoms with Gasteiger partial charge in [-0.1, -0.05) is 6.07 Å². The van der Waals surface area contributed by atoms with Crippen molar-refractivity contribution in [3.8, 4) is 0 Å². The standard InChI is InChI=1S/C16H24F2N2O/c1-13(15-5-4-14(17)12-16(15)18)20-9-7-19(8-10-20)6-2-3-11-21/h4-5,12-13,21H,2-3,6-11H2,1H3. The minimum Gasteiger partial charge on any atom is -0.396 e. The number of piperazine rings is 1. The van der Waals surface area contributed by atoms with E-state index < -0.39 is 11.6 Å². The van der Waals surface area contributed by atoms with Crippen molar-refractivity contribution in [1.29, 1.82) is 0 Å². The Bertz CT molecular complexity index is 448. The van der Waals surface area contributed by atoms with Gasteiger partial charge in [-0.3, -0.25) is 4.90 Å². The zero-order valence-electron chi connectivity index (χ0n) is 12.6. The molecule has 0 spiro atoms. The molecule has 1 aliphatic heterocycles. The average Bonchev–Trinajstić information content (AvgIpc) is 2.48. The molecule has 0 amide bonds. The van der Waals surface area contributed by atoms with Crippen LogP contribution < -0.4 is 0 Å². The molecule has 1 aromatic carbocycles. The van der Waals surface area contributed by atoms with E-state index in [1.165, 1.54) is 6.07 Å². The number of unbranched alkanes of at least 4 members (excludes halogenated alkanes) is 1. The number of hydrogen-bond donors (Lipinski definition) is 1. The van der Waals surface area contributed by atoms with Gasteiger partial charge in [0.1, 0.15) is 11.6 Å². The molecule has 1 aromatic rings. The van der Waals surface area contributed by atoms with Gasteiger partial charge >= 0.3 is 0 Å². The van der Waals surface area contributed by atoms with Gasteiger partial charge in [-0.05, 0) is 32.4 Å². The zero-order chi connectivity index (χ0) is 15.2. The third kappa shape index (κ3) is 4.46. The molecule has 0 saturated carbocycles. The van der Waals surface area contributed by atoms with E-state index in [4.69, 9.17) is 5.11 Å². The Morgan fingerprint density at radius 2 is 1.86 bits per heavy atom. The van der Waals surface area contributed by atoms with Gasteiger partial charge in [0.05, 0.1) is 0 Å². The molecule has 2 rings (SSSR count). The van der Waals surface area contributed by atoms with Crippen molar-refractivity contribution in [3.05, 3.63) is 35.4 Å². The molecule has 1 saturated heterocycles. The van der Waals surface area contributed by atoms with Crippen LogP contribution in [0.1, 0.15) is 31.4 Å². The number of benzene rings is 1. The third-order valence-electron chi connectivity index (χ3n) is 4.25. The smallest absolute Gasteiger partial charge is 0.130 e. The summed E-state index contributed by atoms with van der Waals surface area (Å²) in [5, 5.41) is 8.79. The number of aliphatic hydroxyl groups is 1. The van der Waals surface area contributed by atoms with Crippen molar-refractivity contribution in [3.63, 3.8) is 0 Å². The molecule has 1 unspecified atom stereocenters. The Labute approximate surface area is 125 Å². The van der Waals surface area contributed by atoms with Gasteiger partial charge in [-0.15, -0.1) is 0 Å². The number of halogens is 2. The Balaban J connectivity index is 1.86. The van der Waals surface area contributed by atoms with Crippen LogP contribution in [0.15, 0.2) is 18.2 Å². The lowest BCUT2D eigenvalue weighted by Gasteiger charge is -2.38. The fourth-order valence-electron chi connectivity index (χ4n) is 2.86. The summed E-state index contributed by atoms with van der Waals surface area (Å²) in [6, 6.07) is 3.78. The molecule has 21 heavy (non-hydrogen) atoms. The van der Waals surface area contributed by atoms with Crippen molar-refractivity contribution in [2.75, 3.05) is 39.3 Å². The predicted molar refractivity (Wildman–Crippen MR) is 79.1 cm³/mol. The lowest BCUT2D eigenvalue weighted by Crippen LogP contribution is -2.47. The number of hydrogen-bond acceptors (Lipinski definition) is 3. The fraction of sp³-hybridized carbons (Fsp3) is 0.625. The van der Waals surface area contributed by atoms with E-state index in [0.717, 1.165) is 51.6 Å². The Kier molecular flexibility index (Phi) is 6.08. The highest BCUT2D eigenvalue weighted by Crippen LogP contribution is 2.24. The summed E-state index contributed by atoms with van der Waals surface area (Å²) in [6.45, 7) is 6.91. The van der Waals surface area contributed by atoms with Gasteiger partial charge in [-0.2, -0.15) is 0 Å². The first-order valence-electron chi connectivity index (χ1n) is 7.64. The second-order valence-electron chi connectivity index (χ2n) is 5.65. The van der Waals surface area contributed by atoms with Crippen LogP contribution in [0, 0.1) is 11.6 Å². The van der Waals surface area contributed by atoms with E-state index in [2.05, 4.69) is 9.80 Å². The largest absolute Gasteiger partial charge is 0.396 e. The second kappa shape index (κ2) is 7.82. The molecule has 1 aliphatic rings. The molecule has 1 atom stereocenters. The SMILES string of the molecule is CC(c1ccc(F)cc1F)N1CCN(CCCCO)CC1. The molecule has 5 heteroatoms. The fourth-order valence-corrected chi connectivity index (χ4v) is 2.86. The van der Waals surface area contributed by atoms with Gasteiger partial charge in [0.25, 0.3) is 0 Å². The van der Waals surface area contributed by atoms with E-state index in [1.54, 1.807) is 6.07 Å². The van der Waals surface area contributed by atoms with E-state index >= 15 is 0 Å². The Hall–Kier alpha value is -1.04. The molecule has 0 bridgehead atoms. The number of aliphatic hydroxyl groups excluding tert-OH is 1. The zero-order valence-corrected chi connectivity index (χ0v) is 12.6. The minimum absolute atomic E-state index is 0.0369. The van der Waals surface area contributed by atoms with Crippen LogP contribution in [0.3, 0.4) is 0 Å². The van der Waals surface area contributed by atoms with Crippen molar-refractivity contribution < 1.29 is 13.9 Å². The van der Waals surface area contributed by atoms with Crippen molar-refractivity contribution in [2.24, 2.45) is 0 Å². The third-order valence-corrected chi connectivity index (χ3v) is 4.25. The highest BCUT2D eigenvalue weighted by molar-refractivity contribution is 5.21. The summed E-state index contributed by atoms with van der Waals surface area (Å²) in [7, 11) is 0. The Morgan fingerprint density at radius 3 is 2.48 bits per heavy atom. The van der Waals surface area contributed by atoms with Gasteiger partial charge in [0.15, 0.2) is 0 Å². The molecule has 1 fully saturated rings. The summed E-state index contributed by atoms with van der Waals surface area (Å²) in [4.78, 5) is 4.61. The summed E-state index contributed by atoms with van der Waals surface area (Å²) < 4.78 is 26.8. The first-order valence-corrected chi connectivity index (χ1v) is 7.64. The van der Waals surface area contributed by atoms with Crippen LogP contribution in [0.4, 0.5) is 8.78 Å². The van der Waals surface area contributed by atoms with Crippen molar-refractivity contribution in [2.45, 2.75) is 25.8 Å². The molecule has 0 radical (unpaired) electrons. The molecule has 1 N–H and O–H groups in total. The van der Waals surface area contributed by atoms with Crippen molar-refractivity contribution >= 4 is 0 Å². The maximum atomic E-state index is 13.8. The van der Waals surface area contributed by atoms with E-state index in [1.807, 2.05) is 6.92 Å². The van der Waals surface area contributed by atoms with E-state index in [0.29, 0.717) is 5.56 Å². The number of rotatable bonds is 6. The monoisotopic (exact) mass is 298 g/mol. The quantitative estimate of drug-likeness (QED) is 0.817. The first-order chi connectivity index (χ1) is 10.1. The summed E-state index contributed by atoms with van der Waals surface area (Å²) >= 11 is 0.